The molecule has 0 saturated carbocycles. The Morgan fingerprint density at radius 1 is 0.852 bits per heavy atom. The van der Waals surface area contributed by atoms with Crippen LogP contribution in [0, 0.1) is 0 Å². The summed E-state index contributed by atoms with van der Waals surface area (Å²) in [6.07, 6.45) is 23.4. The Labute approximate surface area is 165 Å². The first kappa shape index (κ1) is 25.2. The maximum absolute atomic E-state index is 11.4. The summed E-state index contributed by atoms with van der Waals surface area (Å²) < 4.78 is 4.58. The van der Waals surface area contributed by atoms with Gasteiger partial charge in [-0.05, 0) is 38.5 Å². The highest BCUT2D eigenvalue weighted by atomic mass is 16.5. The summed E-state index contributed by atoms with van der Waals surface area (Å²) in [7, 11) is 0. The first-order chi connectivity index (χ1) is 13.1. The first-order valence-corrected chi connectivity index (χ1v) is 10.4. The van der Waals surface area contributed by atoms with Crippen molar-refractivity contribution in [3.8, 4) is 0 Å². The highest BCUT2D eigenvalue weighted by molar-refractivity contribution is 5.92. The molecule has 27 heavy (non-hydrogen) atoms. The minimum absolute atomic E-state index is 0.0674. The van der Waals surface area contributed by atoms with Crippen molar-refractivity contribution in [1.82, 2.24) is 0 Å². The number of carbonyl (C=O) groups is 2. The third-order valence-corrected chi connectivity index (χ3v) is 4.13. The molecule has 0 fully saturated rings. The van der Waals surface area contributed by atoms with Crippen LogP contribution >= 0.6 is 0 Å². The second-order valence-electron chi connectivity index (χ2n) is 6.86. The van der Waals surface area contributed by atoms with Crippen molar-refractivity contribution in [2.45, 2.75) is 90.9 Å². The van der Waals surface area contributed by atoms with Gasteiger partial charge in [0.1, 0.15) is 0 Å². The summed E-state index contributed by atoms with van der Waals surface area (Å²) in [5.41, 5.74) is 0. The van der Waals surface area contributed by atoms with Gasteiger partial charge in [0.2, 0.25) is 0 Å². The standard InChI is InChI=1S/C23H38O4/c1-3-4-5-6-7-8-9-10-11-12-13-14-15-16-17-18-22(25)19-23(26)20-27-21(2)24/h7-8,10-11,19,25H,3-6,9,12-18,20H2,1-2H3/b8-7-,11-10-,22-19-. The molecule has 0 aliphatic carbocycles. The van der Waals surface area contributed by atoms with E-state index in [4.69, 9.17) is 0 Å². The molecule has 0 unspecified atom stereocenters. The van der Waals surface area contributed by atoms with Crippen LogP contribution in [0.1, 0.15) is 90.9 Å². The van der Waals surface area contributed by atoms with Gasteiger partial charge in [0.15, 0.2) is 12.4 Å². The molecule has 0 aromatic rings. The molecule has 0 aliphatic heterocycles. The molecule has 4 nitrogen and oxygen atoms in total. The van der Waals surface area contributed by atoms with Gasteiger partial charge < -0.3 is 9.84 Å². The molecule has 0 amide bonds. The minimum atomic E-state index is -0.495. The largest absolute Gasteiger partial charge is 0.512 e. The highest BCUT2D eigenvalue weighted by Crippen LogP contribution is 2.11. The number of unbranched alkanes of at least 4 members (excludes halogenated alkanes) is 8. The van der Waals surface area contributed by atoms with Crippen molar-refractivity contribution in [3.63, 3.8) is 0 Å². The number of hydrogen-bond acceptors (Lipinski definition) is 4. The van der Waals surface area contributed by atoms with E-state index in [2.05, 4.69) is 36.0 Å². The summed E-state index contributed by atoms with van der Waals surface area (Å²) in [6, 6.07) is 0. The zero-order valence-corrected chi connectivity index (χ0v) is 17.3. The summed E-state index contributed by atoms with van der Waals surface area (Å²) in [6.45, 7) is 3.17. The predicted molar refractivity (Wildman–Crippen MR) is 112 cm³/mol. The quantitative estimate of drug-likeness (QED) is 0.105. The maximum Gasteiger partial charge on any atom is 0.303 e. The van der Waals surface area contributed by atoms with E-state index >= 15 is 0 Å². The van der Waals surface area contributed by atoms with Crippen molar-refractivity contribution >= 4 is 11.8 Å². The second-order valence-corrected chi connectivity index (χ2v) is 6.86. The Morgan fingerprint density at radius 3 is 2.07 bits per heavy atom. The molecule has 0 heterocycles. The smallest absolute Gasteiger partial charge is 0.303 e. The second kappa shape index (κ2) is 18.9. The SMILES string of the molecule is CCCCC/C=C\C/C=C\CCCCCCC/C(O)=C/C(=O)COC(C)=O. The average Bonchev–Trinajstić information content (AvgIpc) is 2.63. The molecule has 0 atom stereocenters. The molecule has 0 bridgehead atoms. The van der Waals surface area contributed by atoms with Crippen molar-refractivity contribution in [1.29, 1.82) is 0 Å². The van der Waals surface area contributed by atoms with Gasteiger partial charge in [0.05, 0.1) is 5.76 Å². The number of allylic oxidation sites excluding steroid dienone is 5. The van der Waals surface area contributed by atoms with Gasteiger partial charge in [-0.2, -0.15) is 0 Å². The van der Waals surface area contributed by atoms with Gasteiger partial charge in [-0.3, -0.25) is 9.59 Å². The van der Waals surface area contributed by atoms with E-state index in [0.29, 0.717) is 6.42 Å². The number of aliphatic hydroxyl groups is 1. The molecule has 154 valence electrons. The molecular formula is C23H38O4. The molecule has 0 saturated heterocycles. The van der Waals surface area contributed by atoms with Crippen molar-refractivity contribution in [2.24, 2.45) is 0 Å². The number of carbonyl (C=O) groups excluding carboxylic acids is 2. The van der Waals surface area contributed by atoms with Crippen molar-refractivity contribution in [3.05, 3.63) is 36.1 Å². The number of ketones is 1. The van der Waals surface area contributed by atoms with Gasteiger partial charge in [0, 0.05) is 19.4 Å². The Kier molecular flexibility index (Phi) is 17.6. The third kappa shape index (κ3) is 20.3. The number of rotatable bonds is 17. The summed E-state index contributed by atoms with van der Waals surface area (Å²) in [4.78, 5) is 22.0. The van der Waals surface area contributed by atoms with E-state index in [1.165, 1.54) is 45.4 Å². The van der Waals surface area contributed by atoms with Crippen LogP contribution in [0.15, 0.2) is 36.1 Å². The molecule has 0 aromatic carbocycles. The number of esters is 1. The van der Waals surface area contributed by atoms with Crippen LogP contribution in [-0.2, 0) is 14.3 Å². The van der Waals surface area contributed by atoms with Crippen LogP contribution < -0.4 is 0 Å². The van der Waals surface area contributed by atoms with E-state index in [1.807, 2.05) is 0 Å². The van der Waals surface area contributed by atoms with Gasteiger partial charge in [-0.1, -0.05) is 63.3 Å². The van der Waals surface area contributed by atoms with E-state index in [1.54, 1.807) is 0 Å². The molecule has 0 spiro atoms. The minimum Gasteiger partial charge on any atom is -0.512 e. The van der Waals surface area contributed by atoms with Gasteiger partial charge in [-0.25, -0.2) is 0 Å². The van der Waals surface area contributed by atoms with E-state index in [0.717, 1.165) is 38.2 Å². The van der Waals surface area contributed by atoms with Crippen LogP contribution in [0.2, 0.25) is 0 Å². The zero-order valence-electron chi connectivity index (χ0n) is 17.3. The third-order valence-electron chi connectivity index (χ3n) is 4.13. The van der Waals surface area contributed by atoms with Gasteiger partial charge >= 0.3 is 5.97 Å². The number of aliphatic hydroxyl groups excluding tert-OH is 1. The lowest BCUT2D eigenvalue weighted by molar-refractivity contribution is -0.144. The van der Waals surface area contributed by atoms with Crippen molar-refractivity contribution in [2.75, 3.05) is 6.61 Å². The normalized spacial score (nSPS) is 12.1. The highest BCUT2D eigenvalue weighted by Gasteiger charge is 2.03. The summed E-state index contributed by atoms with van der Waals surface area (Å²) in [5, 5.41) is 9.67. The number of ether oxygens (including phenoxy) is 1. The maximum atomic E-state index is 11.4. The van der Waals surface area contributed by atoms with Crippen LogP contribution in [0.25, 0.3) is 0 Å². The van der Waals surface area contributed by atoms with Gasteiger partial charge in [-0.15, -0.1) is 0 Å². The lowest BCUT2D eigenvalue weighted by Gasteiger charge is -2.02. The Bertz CT molecular complexity index is 475. The average molecular weight is 379 g/mol. The summed E-state index contributed by atoms with van der Waals surface area (Å²) in [5.74, 6) is -0.812. The molecule has 4 heteroatoms. The Balaban J connectivity index is 3.49. The fourth-order valence-electron chi connectivity index (χ4n) is 2.59. The lowest BCUT2D eigenvalue weighted by Crippen LogP contribution is -2.09. The fourth-order valence-corrected chi connectivity index (χ4v) is 2.59. The lowest BCUT2D eigenvalue weighted by atomic mass is 10.1. The Hall–Kier alpha value is -1.84. The van der Waals surface area contributed by atoms with E-state index < -0.39 is 5.97 Å². The van der Waals surface area contributed by atoms with Crippen LogP contribution in [0.4, 0.5) is 0 Å². The van der Waals surface area contributed by atoms with Crippen LogP contribution in [0.5, 0.6) is 0 Å². The Morgan fingerprint density at radius 2 is 1.44 bits per heavy atom. The summed E-state index contributed by atoms with van der Waals surface area (Å²) >= 11 is 0. The molecular weight excluding hydrogens is 340 g/mol. The van der Waals surface area contributed by atoms with Crippen molar-refractivity contribution < 1.29 is 19.4 Å². The molecule has 0 aliphatic rings. The molecule has 0 aromatic heterocycles. The first-order valence-electron chi connectivity index (χ1n) is 10.4. The topological polar surface area (TPSA) is 63.6 Å². The predicted octanol–water partition coefficient (Wildman–Crippen LogP) is 6.37. The fraction of sp³-hybridized carbons (Fsp3) is 0.652. The molecule has 1 N–H and O–H groups in total. The molecule has 0 radical (unpaired) electrons. The number of hydrogen-bond donors (Lipinski definition) is 1. The molecule has 0 rings (SSSR count). The van der Waals surface area contributed by atoms with Crippen LogP contribution in [0.3, 0.4) is 0 Å². The zero-order chi connectivity index (χ0) is 20.2. The monoisotopic (exact) mass is 378 g/mol. The van der Waals surface area contributed by atoms with Gasteiger partial charge in [0.25, 0.3) is 0 Å². The van der Waals surface area contributed by atoms with E-state index in [9.17, 15) is 14.7 Å². The van der Waals surface area contributed by atoms with E-state index in [-0.39, 0.29) is 18.1 Å². The van der Waals surface area contributed by atoms with Crippen LogP contribution in [-0.4, -0.2) is 23.5 Å².